The number of thioether (sulfide) groups is 1. The lowest BCUT2D eigenvalue weighted by Gasteiger charge is -2.29. The fraction of sp³-hybridized carbons (Fsp3) is 0.524. The second-order valence-corrected chi connectivity index (χ2v) is 8.46. The molecule has 2 aliphatic heterocycles. The van der Waals surface area contributed by atoms with Crippen LogP contribution >= 0.6 is 11.8 Å². The lowest BCUT2D eigenvalue weighted by Crippen LogP contribution is -2.52. The predicted molar refractivity (Wildman–Crippen MR) is 113 cm³/mol. The van der Waals surface area contributed by atoms with Crippen molar-refractivity contribution in [2.45, 2.75) is 43.2 Å². The van der Waals surface area contributed by atoms with Gasteiger partial charge in [0, 0.05) is 42.2 Å². The van der Waals surface area contributed by atoms with Gasteiger partial charge < -0.3 is 20.1 Å². The number of amides is 4. The summed E-state index contributed by atoms with van der Waals surface area (Å²) in [5.74, 6) is -0.409. The molecule has 31 heavy (non-hydrogen) atoms. The summed E-state index contributed by atoms with van der Waals surface area (Å²) in [5.41, 5.74) is 6.59. The largest absolute Gasteiger partial charge is 0.379 e. The molecule has 0 spiro atoms. The van der Waals surface area contributed by atoms with Crippen LogP contribution in [-0.2, 0) is 30.4 Å². The average molecular weight is 450 g/mol. The molecule has 0 radical (unpaired) electrons. The Balaban J connectivity index is 1.42. The highest BCUT2D eigenvalue weighted by atomic mass is 32.2. The van der Waals surface area contributed by atoms with Gasteiger partial charge >= 0.3 is 0 Å². The van der Waals surface area contributed by atoms with E-state index in [4.69, 9.17) is 15.2 Å². The van der Waals surface area contributed by atoms with E-state index in [1.807, 2.05) is 12.1 Å². The van der Waals surface area contributed by atoms with Gasteiger partial charge in [0.15, 0.2) is 0 Å². The highest BCUT2D eigenvalue weighted by Gasteiger charge is 2.39. The molecule has 2 heterocycles. The number of primary amides is 1. The molecular formula is C21H27N3O6S. The van der Waals surface area contributed by atoms with Crippen molar-refractivity contribution >= 4 is 35.4 Å². The van der Waals surface area contributed by atoms with Crippen molar-refractivity contribution in [2.75, 3.05) is 32.2 Å². The maximum absolute atomic E-state index is 12.8. The molecule has 10 heteroatoms. The number of ether oxygens (including phenoxy) is 2. The van der Waals surface area contributed by atoms with Gasteiger partial charge in [-0.1, -0.05) is 6.07 Å². The second kappa shape index (κ2) is 11.3. The van der Waals surface area contributed by atoms with Gasteiger partial charge in [0.05, 0.1) is 19.8 Å². The Kier molecular flexibility index (Phi) is 8.44. The third-order valence-corrected chi connectivity index (χ3v) is 6.28. The first-order chi connectivity index (χ1) is 15.0. The Morgan fingerprint density at radius 3 is 2.68 bits per heavy atom. The van der Waals surface area contributed by atoms with Crippen LogP contribution in [0.3, 0.4) is 0 Å². The van der Waals surface area contributed by atoms with E-state index in [0.29, 0.717) is 45.0 Å². The van der Waals surface area contributed by atoms with Gasteiger partial charge in [-0.15, -0.1) is 11.8 Å². The number of nitrogens with two attached hydrogens (primary N) is 1. The summed E-state index contributed by atoms with van der Waals surface area (Å²) in [6.07, 6.45) is 1.65. The van der Waals surface area contributed by atoms with E-state index >= 15 is 0 Å². The van der Waals surface area contributed by atoms with E-state index in [9.17, 15) is 19.2 Å². The standard InChI is InChI=1S/C21H27N3O6S/c22-18(25)7-9-30-11-10-29-8-2-12-31-17-4-1-3-14-15(17)13-24(21(14)28)16-5-6-19(26)23-20(16)27/h1,3-4,16H,2,5-13H2,(H2,22,25)(H,23,26,27). The first-order valence-corrected chi connectivity index (χ1v) is 11.3. The van der Waals surface area contributed by atoms with Crippen molar-refractivity contribution in [3.05, 3.63) is 29.3 Å². The quantitative estimate of drug-likeness (QED) is 0.275. The van der Waals surface area contributed by atoms with Gasteiger partial charge in [0.2, 0.25) is 17.7 Å². The van der Waals surface area contributed by atoms with Crippen LogP contribution in [0, 0.1) is 0 Å². The molecule has 1 aromatic carbocycles. The van der Waals surface area contributed by atoms with E-state index in [2.05, 4.69) is 5.32 Å². The molecule has 4 amide bonds. The zero-order valence-electron chi connectivity index (χ0n) is 17.3. The number of hydrogen-bond acceptors (Lipinski definition) is 7. The smallest absolute Gasteiger partial charge is 0.255 e. The van der Waals surface area contributed by atoms with E-state index in [-0.39, 0.29) is 30.6 Å². The van der Waals surface area contributed by atoms with Crippen LogP contribution in [0.1, 0.15) is 41.6 Å². The Bertz CT molecular complexity index is 846. The minimum atomic E-state index is -0.603. The third kappa shape index (κ3) is 6.28. The topological polar surface area (TPSA) is 128 Å². The van der Waals surface area contributed by atoms with Crippen molar-refractivity contribution in [3.8, 4) is 0 Å². The zero-order chi connectivity index (χ0) is 22.2. The highest BCUT2D eigenvalue weighted by molar-refractivity contribution is 7.99. The van der Waals surface area contributed by atoms with Crippen molar-refractivity contribution < 1.29 is 28.7 Å². The summed E-state index contributed by atoms with van der Waals surface area (Å²) in [4.78, 5) is 49.6. The number of fused-ring (bicyclic) bond motifs is 1. The van der Waals surface area contributed by atoms with Crippen molar-refractivity contribution in [3.63, 3.8) is 0 Å². The molecule has 0 aromatic heterocycles. The van der Waals surface area contributed by atoms with Crippen molar-refractivity contribution in [1.82, 2.24) is 10.2 Å². The Hall–Kier alpha value is -2.43. The Labute approximate surface area is 185 Å². The van der Waals surface area contributed by atoms with E-state index in [0.717, 1.165) is 22.6 Å². The first-order valence-electron chi connectivity index (χ1n) is 10.3. The lowest BCUT2D eigenvalue weighted by atomic mass is 10.0. The monoisotopic (exact) mass is 449 g/mol. The summed E-state index contributed by atoms with van der Waals surface area (Å²) in [5, 5.41) is 2.32. The molecule has 1 fully saturated rings. The highest BCUT2D eigenvalue weighted by Crippen LogP contribution is 2.34. The fourth-order valence-electron chi connectivity index (χ4n) is 3.53. The maximum Gasteiger partial charge on any atom is 0.255 e. The first kappa shape index (κ1) is 23.2. The number of nitrogens with zero attached hydrogens (tertiary/aromatic N) is 1. The normalized spacial score (nSPS) is 18.3. The lowest BCUT2D eigenvalue weighted by molar-refractivity contribution is -0.137. The molecule has 1 unspecified atom stereocenters. The summed E-state index contributed by atoms with van der Waals surface area (Å²) >= 11 is 1.66. The van der Waals surface area contributed by atoms with Gasteiger partial charge in [0.1, 0.15) is 6.04 Å². The van der Waals surface area contributed by atoms with E-state index < -0.39 is 11.9 Å². The number of rotatable bonds is 12. The number of hydrogen-bond donors (Lipinski definition) is 2. The number of carbonyl (C=O) groups excluding carboxylic acids is 4. The van der Waals surface area contributed by atoms with Gasteiger partial charge in [0.25, 0.3) is 5.91 Å². The van der Waals surface area contributed by atoms with Crippen LogP contribution in [0.15, 0.2) is 23.1 Å². The van der Waals surface area contributed by atoms with E-state index in [1.165, 1.54) is 0 Å². The van der Waals surface area contributed by atoms with E-state index in [1.54, 1.807) is 22.7 Å². The second-order valence-electron chi connectivity index (χ2n) is 7.33. The minimum absolute atomic E-state index is 0.161. The molecule has 1 saturated heterocycles. The summed E-state index contributed by atoms with van der Waals surface area (Å²) in [6, 6.07) is 5.02. The van der Waals surface area contributed by atoms with Crippen LogP contribution in [-0.4, -0.2) is 66.8 Å². The number of nitrogens with one attached hydrogen (secondary N) is 1. The van der Waals surface area contributed by atoms with Crippen molar-refractivity contribution in [1.29, 1.82) is 0 Å². The molecule has 1 aromatic rings. The Morgan fingerprint density at radius 2 is 1.94 bits per heavy atom. The number of piperidine rings is 1. The number of benzene rings is 1. The van der Waals surface area contributed by atoms with Gasteiger partial charge in [-0.05, 0) is 30.5 Å². The van der Waals surface area contributed by atoms with Crippen molar-refractivity contribution in [2.24, 2.45) is 5.73 Å². The van der Waals surface area contributed by atoms with Crippen LogP contribution in [0.5, 0.6) is 0 Å². The summed E-state index contributed by atoms with van der Waals surface area (Å²) in [7, 11) is 0. The van der Waals surface area contributed by atoms with Gasteiger partial charge in [-0.25, -0.2) is 0 Å². The molecule has 168 valence electrons. The number of imide groups is 1. The van der Waals surface area contributed by atoms with Crippen LogP contribution in [0.25, 0.3) is 0 Å². The SMILES string of the molecule is NC(=O)CCOCCOCCCSc1cccc2c1CN(C1CCC(=O)NC1=O)C2=O. The average Bonchev–Trinajstić information content (AvgIpc) is 3.06. The zero-order valence-corrected chi connectivity index (χ0v) is 18.1. The molecule has 1 atom stereocenters. The maximum atomic E-state index is 12.8. The van der Waals surface area contributed by atoms with Crippen LogP contribution < -0.4 is 11.1 Å². The fourth-order valence-corrected chi connectivity index (χ4v) is 4.54. The molecule has 3 N–H and O–H groups in total. The minimum Gasteiger partial charge on any atom is -0.379 e. The molecular weight excluding hydrogens is 422 g/mol. The van der Waals surface area contributed by atoms with Crippen LogP contribution in [0.2, 0.25) is 0 Å². The van der Waals surface area contributed by atoms with Crippen LogP contribution in [0.4, 0.5) is 0 Å². The molecule has 0 saturated carbocycles. The predicted octanol–water partition coefficient (Wildman–Crippen LogP) is 0.838. The summed E-state index contributed by atoms with van der Waals surface area (Å²) in [6.45, 7) is 2.15. The Morgan fingerprint density at radius 1 is 1.16 bits per heavy atom. The van der Waals surface area contributed by atoms with Gasteiger partial charge in [-0.2, -0.15) is 0 Å². The molecule has 0 aliphatic carbocycles. The number of carbonyl (C=O) groups is 4. The molecule has 0 bridgehead atoms. The molecule has 9 nitrogen and oxygen atoms in total. The third-order valence-electron chi connectivity index (χ3n) is 5.09. The molecule has 2 aliphatic rings. The molecule has 3 rings (SSSR count). The van der Waals surface area contributed by atoms with Gasteiger partial charge in [-0.3, -0.25) is 24.5 Å². The summed E-state index contributed by atoms with van der Waals surface area (Å²) < 4.78 is 10.8.